The van der Waals surface area contributed by atoms with E-state index in [0.29, 0.717) is 5.04 Å². The molecular weight excluding hydrogens is 159 g/mol. The second-order valence-corrected chi connectivity index (χ2v) is 9.29. The number of hydrogen-bond donors (Lipinski definition) is 0. The molecule has 1 nitrogen and oxygen atoms in total. The second-order valence-electron chi connectivity index (χ2n) is 4.48. The van der Waals surface area contributed by atoms with Crippen molar-refractivity contribution in [3.8, 4) is 0 Å². The molecule has 0 aromatic carbocycles. The monoisotopic (exact) mass is 180 g/mol. The van der Waals surface area contributed by atoms with Crippen molar-refractivity contribution in [3.63, 3.8) is 0 Å². The molecule has 0 aliphatic carbocycles. The van der Waals surface area contributed by atoms with E-state index in [9.17, 15) is 0 Å². The summed E-state index contributed by atoms with van der Waals surface area (Å²) in [4.78, 5) is 0. The van der Waals surface area contributed by atoms with Crippen molar-refractivity contribution in [2.75, 3.05) is 6.61 Å². The Bertz CT molecular complexity index is 118. The first-order valence-corrected chi connectivity index (χ1v) is 7.14. The quantitative estimate of drug-likeness (QED) is 0.446. The molecule has 0 spiro atoms. The fourth-order valence-electron chi connectivity index (χ4n) is 0.508. The van der Waals surface area contributed by atoms with Gasteiger partial charge in [0.05, 0.1) is 0 Å². The Kier molecular flexibility index (Phi) is 6.98. The maximum absolute atomic E-state index is 5.83. The van der Waals surface area contributed by atoms with E-state index >= 15 is 0 Å². The third-order valence-electron chi connectivity index (χ3n) is 2.42. The second kappa shape index (κ2) is 5.49. The van der Waals surface area contributed by atoms with E-state index in [1.165, 1.54) is 0 Å². The minimum atomic E-state index is -1.46. The van der Waals surface area contributed by atoms with E-state index in [2.05, 4.69) is 40.3 Å². The summed E-state index contributed by atoms with van der Waals surface area (Å²) in [5.74, 6) is 0. The zero-order valence-electron chi connectivity index (χ0n) is 9.69. The van der Waals surface area contributed by atoms with E-state index < -0.39 is 8.32 Å². The molecule has 0 aromatic heterocycles. The molecule has 0 atom stereocenters. The number of rotatable bonds is 3. The Morgan fingerprint density at radius 2 is 1.67 bits per heavy atom. The van der Waals surface area contributed by atoms with Crippen molar-refractivity contribution < 1.29 is 23.3 Å². The fraction of sp³-hybridized carbons (Fsp3) is 0.889. The zero-order chi connectivity index (χ0) is 9.12. The van der Waals surface area contributed by atoms with Gasteiger partial charge in [-0.25, -0.2) is 0 Å². The van der Waals surface area contributed by atoms with Gasteiger partial charge in [-0.1, -0.05) is 27.4 Å². The molecule has 0 heterocycles. The van der Waals surface area contributed by atoms with Gasteiger partial charge in [0.15, 0.2) is 8.32 Å². The maximum Gasteiger partial charge on any atom is 1.00 e. The SMILES string of the molecule is C[CH-]CO[Si](C)(C)C(C)(C)C.[Li+]. The van der Waals surface area contributed by atoms with Gasteiger partial charge in [-0.15, -0.1) is 0 Å². The van der Waals surface area contributed by atoms with Gasteiger partial charge in [0.1, 0.15) is 0 Å². The normalized spacial score (nSPS) is 12.5. The van der Waals surface area contributed by atoms with Crippen molar-refractivity contribution in [1.29, 1.82) is 0 Å². The molecule has 0 unspecified atom stereocenters. The first-order valence-electron chi connectivity index (χ1n) is 4.23. The van der Waals surface area contributed by atoms with Gasteiger partial charge >= 0.3 is 18.9 Å². The van der Waals surface area contributed by atoms with Crippen LogP contribution in [0.2, 0.25) is 18.1 Å². The summed E-state index contributed by atoms with van der Waals surface area (Å²) in [5, 5.41) is 0.343. The fourth-order valence-corrected chi connectivity index (χ4v) is 1.52. The van der Waals surface area contributed by atoms with Crippen molar-refractivity contribution in [3.05, 3.63) is 6.42 Å². The molecule has 0 saturated carbocycles. The summed E-state index contributed by atoms with van der Waals surface area (Å²) >= 11 is 0. The summed E-state index contributed by atoms with van der Waals surface area (Å²) in [6.45, 7) is 14.2. The van der Waals surface area contributed by atoms with Gasteiger partial charge in [-0.2, -0.15) is 6.92 Å². The van der Waals surface area contributed by atoms with Crippen molar-refractivity contribution in [2.45, 2.75) is 45.8 Å². The van der Waals surface area contributed by atoms with Gasteiger partial charge in [0.2, 0.25) is 0 Å². The Hall–Kier alpha value is 0.774. The summed E-state index contributed by atoms with van der Waals surface area (Å²) in [6, 6.07) is 0. The summed E-state index contributed by atoms with van der Waals surface area (Å²) in [6.07, 6.45) is 2.07. The molecule has 0 amide bonds. The van der Waals surface area contributed by atoms with E-state index in [4.69, 9.17) is 4.43 Å². The molecule has 0 aromatic rings. The van der Waals surface area contributed by atoms with Gasteiger partial charge in [-0.05, 0) is 18.1 Å². The smallest absolute Gasteiger partial charge is 0.447 e. The predicted octanol–water partition coefficient (Wildman–Crippen LogP) is 0.236. The van der Waals surface area contributed by atoms with Crippen LogP contribution in [0.25, 0.3) is 0 Å². The minimum Gasteiger partial charge on any atom is -0.447 e. The molecule has 0 aliphatic heterocycles. The Balaban J connectivity index is 0. The van der Waals surface area contributed by atoms with Crippen LogP contribution in [0.15, 0.2) is 0 Å². The van der Waals surface area contributed by atoms with Crippen LogP contribution in [0.4, 0.5) is 0 Å². The predicted molar refractivity (Wildman–Crippen MR) is 53.1 cm³/mol. The van der Waals surface area contributed by atoms with Crippen LogP contribution in [0.5, 0.6) is 0 Å². The molecule has 0 fully saturated rings. The molecule has 0 aliphatic rings. The van der Waals surface area contributed by atoms with Crippen LogP contribution in [0.1, 0.15) is 27.7 Å². The third kappa shape index (κ3) is 4.72. The van der Waals surface area contributed by atoms with E-state index in [1.807, 2.05) is 6.92 Å². The molecule has 0 radical (unpaired) electrons. The average molecular weight is 180 g/mol. The molecule has 0 rings (SSSR count). The Morgan fingerprint density at radius 1 is 1.25 bits per heavy atom. The van der Waals surface area contributed by atoms with Crippen LogP contribution in [0, 0.1) is 6.42 Å². The third-order valence-corrected chi connectivity index (χ3v) is 6.92. The van der Waals surface area contributed by atoms with Crippen LogP contribution >= 0.6 is 0 Å². The standard InChI is InChI=1S/C9H21OSi.Li/c1-7-8-10-11(5,6)9(2,3)4;/h7H,8H2,1-6H3;/q-1;+1. The summed E-state index contributed by atoms with van der Waals surface area (Å²) < 4.78 is 5.83. The van der Waals surface area contributed by atoms with Crippen molar-refractivity contribution in [1.82, 2.24) is 0 Å². The first kappa shape index (κ1) is 15.3. The van der Waals surface area contributed by atoms with E-state index in [0.717, 1.165) is 6.61 Å². The maximum atomic E-state index is 5.83. The van der Waals surface area contributed by atoms with Crippen LogP contribution < -0.4 is 18.9 Å². The minimum absolute atomic E-state index is 0. The van der Waals surface area contributed by atoms with Crippen LogP contribution in [-0.4, -0.2) is 14.9 Å². The van der Waals surface area contributed by atoms with E-state index in [1.54, 1.807) is 0 Å². The Labute approximate surface area is 90.6 Å². The van der Waals surface area contributed by atoms with Crippen molar-refractivity contribution in [2.24, 2.45) is 0 Å². The number of hydrogen-bond acceptors (Lipinski definition) is 1. The van der Waals surface area contributed by atoms with Gasteiger partial charge in [-0.3, -0.25) is 0 Å². The summed E-state index contributed by atoms with van der Waals surface area (Å²) in [7, 11) is -1.46. The molecule has 0 N–H and O–H groups in total. The first-order chi connectivity index (χ1) is 4.81. The largest absolute Gasteiger partial charge is 1.00 e. The average Bonchev–Trinajstić information content (AvgIpc) is 1.81. The van der Waals surface area contributed by atoms with E-state index in [-0.39, 0.29) is 18.9 Å². The topological polar surface area (TPSA) is 9.23 Å². The van der Waals surface area contributed by atoms with Crippen molar-refractivity contribution >= 4 is 8.32 Å². The molecule has 68 valence electrons. The molecule has 3 heteroatoms. The summed E-state index contributed by atoms with van der Waals surface area (Å²) in [5.41, 5.74) is 0. The molecular formula is C9H21LiOSi. The van der Waals surface area contributed by atoms with Gasteiger partial charge in [0, 0.05) is 0 Å². The van der Waals surface area contributed by atoms with Gasteiger partial charge < -0.3 is 10.8 Å². The van der Waals surface area contributed by atoms with Crippen LogP contribution in [-0.2, 0) is 4.43 Å². The molecule has 0 saturated heterocycles. The van der Waals surface area contributed by atoms with Crippen LogP contribution in [0.3, 0.4) is 0 Å². The Morgan fingerprint density at radius 3 is 1.92 bits per heavy atom. The van der Waals surface area contributed by atoms with Gasteiger partial charge in [0.25, 0.3) is 0 Å². The molecule has 12 heavy (non-hydrogen) atoms. The zero-order valence-corrected chi connectivity index (χ0v) is 10.7. The molecule has 0 bridgehead atoms.